The summed E-state index contributed by atoms with van der Waals surface area (Å²) in [5.41, 5.74) is 3.94. The van der Waals surface area contributed by atoms with E-state index in [0.717, 1.165) is 31.5 Å². The number of carbonyl (C=O) groups is 3. The Morgan fingerprint density at radius 2 is 1.62 bits per heavy atom. The van der Waals surface area contributed by atoms with Crippen molar-refractivity contribution in [3.8, 4) is 0 Å². The van der Waals surface area contributed by atoms with Crippen molar-refractivity contribution in [1.29, 1.82) is 0 Å². The standard InChI is InChI=1S/C38H43F2N7O3/c39-36(40)38(28-5-8-31-26(19-28)23-47(35(31)50)32-9-10-33(48)44-34(32)49)13-17-45(18-14-38)22-24-1-6-30(7-2-24)46-15-11-29(12-16-46)43-37-41-20-27(21-42-37)25-3-4-25/h1-2,5-8,19-21,25,29,32,36H,3-4,9-18,22-23H2,(H,41,42,43)(H,44,48,49). The molecule has 1 atom stereocenters. The lowest BCUT2D eigenvalue weighted by atomic mass is 9.72. The van der Waals surface area contributed by atoms with Gasteiger partial charge in [-0.25, -0.2) is 18.7 Å². The van der Waals surface area contributed by atoms with Crippen molar-refractivity contribution in [1.82, 2.24) is 25.1 Å². The van der Waals surface area contributed by atoms with E-state index >= 15 is 0 Å². The first-order valence-corrected chi connectivity index (χ1v) is 18.0. The van der Waals surface area contributed by atoms with Gasteiger partial charge in [-0.1, -0.05) is 24.3 Å². The van der Waals surface area contributed by atoms with E-state index < -0.39 is 23.8 Å². The molecule has 3 aromatic rings. The van der Waals surface area contributed by atoms with Crippen LogP contribution in [0.4, 0.5) is 20.4 Å². The number of nitrogens with one attached hydrogen (secondary N) is 2. The van der Waals surface area contributed by atoms with E-state index in [1.165, 1.54) is 29.0 Å². The van der Waals surface area contributed by atoms with Crippen LogP contribution in [0.25, 0.3) is 0 Å². The Hall–Kier alpha value is -4.45. The van der Waals surface area contributed by atoms with Gasteiger partial charge in [0.2, 0.25) is 24.2 Å². The first-order valence-electron chi connectivity index (χ1n) is 18.0. The fourth-order valence-corrected chi connectivity index (χ4v) is 8.20. The molecule has 2 aromatic carbocycles. The summed E-state index contributed by atoms with van der Waals surface area (Å²) in [6.07, 6.45) is 6.93. The Morgan fingerprint density at radius 3 is 2.28 bits per heavy atom. The molecule has 0 radical (unpaired) electrons. The monoisotopic (exact) mass is 683 g/mol. The molecule has 4 aliphatic heterocycles. The lowest BCUT2D eigenvalue weighted by Crippen LogP contribution is -2.52. The highest BCUT2D eigenvalue weighted by atomic mass is 19.3. The number of imide groups is 1. The van der Waals surface area contributed by atoms with Gasteiger partial charge < -0.3 is 15.1 Å². The number of nitrogens with zero attached hydrogens (tertiary/aromatic N) is 5. The number of rotatable bonds is 9. The van der Waals surface area contributed by atoms with E-state index in [-0.39, 0.29) is 31.2 Å². The summed E-state index contributed by atoms with van der Waals surface area (Å²) in [6, 6.07) is 13.3. The predicted octanol–water partition coefficient (Wildman–Crippen LogP) is 4.99. The molecule has 3 saturated heterocycles. The molecule has 1 aliphatic carbocycles. The van der Waals surface area contributed by atoms with Gasteiger partial charge >= 0.3 is 0 Å². The second-order valence-electron chi connectivity index (χ2n) is 14.7. The minimum atomic E-state index is -2.55. The van der Waals surface area contributed by atoms with Crippen LogP contribution < -0.4 is 15.5 Å². The smallest absolute Gasteiger partial charge is 0.255 e. The largest absolute Gasteiger partial charge is 0.371 e. The Kier molecular flexibility index (Phi) is 8.74. The normalized spacial score (nSPS) is 22.9. The van der Waals surface area contributed by atoms with Crippen molar-refractivity contribution >= 4 is 29.4 Å². The summed E-state index contributed by atoms with van der Waals surface area (Å²) in [6.45, 7) is 3.85. The number of anilines is 2. The lowest BCUT2D eigenvalue weighted by Gasteiger charge is -2.42. The number of aromatic nitrogens is 2. The summed E-state index contributed by atoms with van der Waals surface area (Å²) >= 11 is 0. The van der Waals surface area contributed by atoms with Crippen LogP contribution in [-0.2, 0) is 28.1 Å². The zero-order chi connectivity index (χ0) is 34.4. The van der Waals surface area contributed by atoms with Crippen LogP contribution in [0.2, 0.25) is 0 Å². The number of halogens is 2. The number of hydrogen-bond donors (Lipinski definition) is 2. The third kappa shape index (κ3) is 6.45. The molecule has 5 heterocycles. The first kappa shape index (κ1) is 32.7. The first-order chi connectivity index (χ1) is 24.3. The molecule has 50 heavy (non-hydrogen) atoms. The summed E-state index contributed by atoms with van der Waals surface area (Å²) in [4.78, 5) is 52.4. The molecule has 8 rings (SSSR count). The Bertz CT molecular complexity index is 1750. The van der Waals surface area contributed by atoms with Crippen molar-refractivity contribution < 1.29 is 23.2 Å². The molecule has 1 saturated carbocycles. The van der Waals surface area contributed by atoms with Crippen molar-refractivity contribution in [2.75, 3.05) is 36.4 Å². The summed E-state index contributed by atoms with van der Waals surface area (Å²) < 4.78 is 29.8. The molecular weight excluding hydrogens is 640 g/mol. The number of alkyl halides is 2. The zero-order valence-electron chi connectivity index (χ0n) is 28.1. The highest BCUT2D eigenvalue weighted by molar-refractivity contribution is 6.05. The maximum absolute atomic E-state index is 14.9. The molecular formula is C38H43F2N7O3. The Balaban J connectivity index is 0.845. The number of carbonyl (C=O) groups excluding carboxylic acids is 3. The number of benzene rings is 2. The summed E-state index contributed by atoms with van der Waals surface area (Å²) in [5.74, 6) is 0.241. The van der Waals surface area contributed by atoms with Crippen molar-refractivity contribution in [3.05, 3.63) is 82.7 Å². The third-order valence-electron chi connectivity index (χ3n) is 11.5. The van der Waals surface area contributed by atoms with Crippen LogP contribution >= 0.6 is 0 Å². The molecule has 4 fully saturated rings. The molecule has 10 nitrogen and oxygen atoms in total. The van der Waals surface area contributed by atoms with Crippen LogP contribution in [0.15, 0.2) is 54.9 Å². The summed E-state index contributed by atoms with van der Waals surface area (Å²) in [7, 11) is 0. The minimum Gasteiger partial charge on any atom is -0.371 e. The molecule has 3 amide bonds. The van der Waals surface area contributed by atoms with Gasteiger partial charge in [0.05, 0.1) is 5.41 Å². The molecule has 1 aromatic heterocycles. The fraction of sp³-hybridized carbons (Fsp3) is 0.500. The van der Waals surface area contributed by atoms with Gasteiger partial charge in [-0.3, -0.25) is 24.6 Å². The summed E-state index contributed by atoms with van der Waals surface area (Å²) in [5, 5.41) is 5.81. The maximum atomic E-state index is 14.9. The zero-order valence-corrected chi connectivity index (χ0v) is 28.1. The van der Waals surface area contributed by atoms with Gasteiger partial charge in [0.25, 0.3) is 5.91 Å². The van der Waals surface area contributed by atoms with Crippen LogP contribution in [0.5, 0.6) is 0 Å². The van der Waals surface area contributed by atoms with Crippen molar-refractivity contribution in [2.45, 2.75) is 94.3 Å². The van der Waals surface area contributed by atoms with E-state index in [0.29, 0.717) is 67.1 Å². The van der Waals surface area contributed by atoms with Gasteiger partial charge in [0.1, 0.15) is 6.04 Å². The Labute approximate surface area is 290 Å². The van der Waals surface area contributed by atoms with Crippen LogP contribution in [0, 0.1) is 0 Å². The quantitative estimate of drug-likeness (QED) is 0.304. The number of piperidine rings is 3. The highest BCUT2D eigenvalue weighted by Crippen LogP contribution is 2.43. The molecule has 262 valence electrons. The lowest BCUT2D eigenvalue weighted by molar-refractivity contribution is -0.136. The average Bonchev–Trinajstić information content (AvgIpc) is 3.93. The second-order valence-corrected chi connectivity index (χ2v) is 14.7. The van der Waals surface area contributed by atoms with Gasteiger partial charge in [0.15, 0.2) is 0 Å². The van der Waals surface area contributed by atoms with Crippen LogP contribution in [0.1, 0.15) is 89.9 Å². The van der Waals surface area contributed by atoms with Gasteiger partial charge in [-0.05, 0) is 104 Å². The van der Waals surface area contributed by atoms with Crippen molar-refractivity contribution in [2.24, 2.45) is 0 Å². The van der Waals surface area contributed by atoms with Crippen molar-refractivity contribution in [3.63, 3.8) is 0 Å². The van der Waals surface area contributed by atoms with E-state index in [2.05, 4.69) is 54.7 Å². The number of fused-ring (bicyclic) bond motifs is 1. The molecule has 12 heteroatoms. The highest BCUT2D eigenvalue weighted by Gasteiger charge is 2.46. The average molecular weight is 684 g/mol. The molecule has 1 unspecified atom stereocenters. The number of likely N-dealkylation sites (tertiary alicyclic amines) is 1. The molecule has 5 aliphatic rings. The van der Waals surface area contributed by atoms with Gasteiger partial charge in [0, 0.05) is 62.3 Å². The van der Waals surface area contributed by atoms with Gasteiger partial charge in [-0.2, -0.15) is 0 Å². The molecule has 0 spiro atoms. The third-order valence-corrected chi connectivity index (χ3v) is 11.5. The fourth-order valence-electron chi connectivity index (χ4n) is 8.20. The van der Waals surface area contributed by atoms with E-state index in [4.69, 9.17) is 0 Å². The van der Waals surface area contributed by atoms with E-state index in [1.807, 2.05) is 12.4 Å². The van der Waals surface area contributed by atoms with Crippen LogP contribution in [0.3, 0.4) is 0 Å². The maximum Gasteiger partial charge on any atom is 0.255 e. The minimum absolute atomic E-state index is 0.167. The number of hydrogen-bond acceptors (Lipinski definition) is 8. The Morgan fingerprint density at radius 1 is 0.900 bits per heavy atom. The number of amides is 3. The predicted molar refractivity (Wildman–Crippen MR) is 184 cm³/mol. The second kappa shape index (κ2) is 13.4. The topological polar surface area (TPSA) is 111 Å². The molecule has 2 N–H and O–H groups in total. The molecule has 0 bridgehead atoms. The van der Waals surface area contributed by atoms with Crippen LogP contribution in [-0.4, -0.2) is 82.2 Å². The van der Waals surface area contributed by atoms with Gasteiger partial charge in [-0.15, -0.1) is 0 Å². The van der Waals surface area contributed by atoms with E-state index in [1.54, 1.807) is 18.2 Å². The SMILES string of the molecule is O=C1CCC(N2Cc3cc(C4(C(F)F)CCN(Cc5ccc(N6CCC(Nc7ncc(C8CC8)cn7)CC6)cc5)CC4)ccc3C2=O)C(=O)N1. The van der Waals surface area contributed by atoms with E-state index in [9.17, 15) is 23.2 Å².